The van der Waals surface area contributed by atoms with E-state index in [4.69, 9.17) is 0 Å². The molecule has 0 aliphatic heterocycles. The Labute approximate surface area is 118 Å². The predicted molar refractivity (Wildman–Crippen MR) is 80.0 cm³/mol. The van der Waals surface area contributed by atoms with Crippen LogP contribution in [0.25, 0.3) is 0 Å². The molecule has 0 radical (unpaired) electrons. The molecule has 0 saturated carbocycles. The second-order valence-electron chi connectivity index (χ2n) is 5.32. The Bertz CT molecular complexity index is 649. The topological polar surface area (TPSA) is 57.8 Å². The molecular weight excluding hydrogens is 250 g/mol. The van der Waals surface area contributed by atoms with Crippen molar-refractivity contribution in [2.45, 2.75) is 38.6 Å². The van der Waals surface area contributed by atoms with Crippen molar-refractivity contribution in [1.82, 2.24) is 9.97 Å². The van der Waals surface area contributed by atoms with Gasteiger partial charge in [-0.3, -0.25) is 9.78 Å². The smallest absolute Gasteiger partial charge is 0.255 e. The molecule has 20 heavy (non-hydrogen) atoms. The maximum absolute atomic E-state index is 12.1. The van der Waals surface area contributed by atoms with Crippen LogP contribution in [0.2, 0.25) is 0 Å². The van der Waals surface area contributed by atoms with Gasteiger partial charge in [0.25, 0.3) is 5.56 Å². The van der Waals surface area contributed by atoms with E-state index in [2.05, 4.69) is 34.3 Å². The molecular formula is C16H19N3O. The van der Waals surface area contributed by atoms with Crippen molar-refractivity contribution in [3.63, 3.8) is 0 Å². The molecule has 2 aromatic rings. The summed E-state index contributed by atoms with van der Waals surface area (Å²) in [4.78, 5) is 19.5. The number of nitrogens with one attached hydrogen (secondary N) is 2. The highest BCUT2D eigenvalue weighted by Gasteiger charge is 2.16. The van der Waals surface area contributed by atoms with Crippen LogP contribution in [0.4, 0.5) is 5.95 Å². The average molecular weight is 269 g/mol. The molecule has 1 aromatic carbocycles. The number of anilines is 1. The van der Waals surface area contributed by atoms with E-state index in [9.17, 15) is 4.79 Å². The maximum Gasteiger partial charge on any atom is 0.255 e. The Morgan fingerprint density at radius 1 is 1.20 bits per heavy atom. The highest BCUT2D eigenvalue weighted by atomic mass is 16.1. The zero-order valence-electron chi connectivity index (χ0n) is 11.6. The van der Waals surface area contributed by atoms with Crippen LogP contribution >= 0.6 is 0 Å². The summed E-state index contributed by atoms with van der Waals surface area (Å²) in [6.45, 7) is 2.06. The number of hydrogen-bond acceptors (Lipinski definition) is 3. The number of hydrogen-bond donors (Lipinski definition) is 2. The monoisotopic (exact) mass is 269 g/mol. The fourth-order valence-electron chi connectivity index (χ4n) is 2.70. The summed E-state index contributed by atoms with van der Waals surface area (Å²) in [5, 5.41) is 3.28. The van der Waals surface area contributed by atoms with Crippen molar-refractivity contribution in [2.75, 3.05) is 5.32 Å². The van der Waals surface area contributed by atoms with Gasteiger partial charge in [0.2, 0.25) is 5.95 Å². The molecule has 0 saturated heterocycles. The Morgan fingerprint density at radius 3 is 2.75 bits per heavy atom. The summed E-state index contributed by atoms with van der Waals surface area (Å²) < 4.78 is 0. The number of H-pyrrole nitrogens is 1. The number of aromatic nitrogens is 2. The highest BCUT2D eigenvalue weighted by Crippen LogP contribution is 2.19. The number of rotatable bonds is 3. The van der Waals surface area contributed by atoms with Gasteiger partial charge in [0.15, 0.2) is 0 Å². The van der Waals surface area contributed by atoms with Crippen LogP contribution in [-0.2, 0) is 12.8 Å². The van der Waals surface area contributed by atoms with Crippen molar-refractivity contribution in [1.29, 1.82) is 0 Å². The molecule has 2 N–H and O–H groups in total. The summed E-state index contributed by atoms with van der Waals surface area (Å²) in [5.74, 6) is 0.576. The fraction of sp³-hybridized carbons (Fsp3) is 0.375. The summed E-state index contributed by atoms with van der Waals surface area (Å²) in [6.07, 6.45) is 3.97. The van der Waals surface area contributed by atoms with Crippen molar-refractivity contribution in [2.24, 2.45) is 0 Å². The van der Waals surface area contributed by atoms with E-state index in [1.807, 2.05) is 18.2 Å². The molecule has 1 aromatic heterocycles. The molecule has 0 amide bonds. The van der Waals surface area contributed by atoms with Crippen molar-refractivity contribution in [3.05, 3.63) is 57.5 Å². The van der Waals surface area contributed by atoms with E-state index in [0.29, 0.717) is 5.95 Å². The lowest BCUT2D eigenvalue weighted by molar-refractivity contribution is 0.655. The number of aromatic amines is 1. The predicted octanol–water partition coefficient (Wildman–Crippen LogP) is 2.82. The zero-order valence-corrected chi connectivity index (χ0v) is 11.6. The van der Waals surface area contributed by atoms with Gasteiger partial charge in [-0.25, -0.2) is 4.98 Å². The number of fused-ring (bicyclic) bond motifs is 1. The van der Waals surface area contributed by atoms with Crippen LogP contribution in [0.15, 0.2) is 35.1 Å². The second-order valence-corrected chi connectivity index (χ2v) is 5.32. The first-order valence-electron chi connectivity index (χ1n) is 7.17. The van der Waals surface area contributed by atoms with Crippen LogP contribution in [0.5, 0.6) is 0 Å². The summed E-state index contributed by atoms with van der Waals surface area (Å²) in [7, 11) is 0. The average Bonchev–Trinajstić information content (AvgIpc) is 2.48. The first-order valence-corrected chi connectivity index (χ1v) is 7.17. The lowest BCUT2D eigenvalue weighted by Gasteiger charge is -2.18. The van der Waals surface area contributed by atoms with Crippen molar-refractivity contribution in [3.8, 4) is 0 Å². The SMILES string of the molecule is CC(Nc1nc2c(c(=O)[nH]1)CCCC2)c1ccccc1. The van der Waals surface area contributed by atoms with Gasteiger partial charge >= 0.3 is 0 Å². The van der Waals surface area contributed by atoms with Gasteiger partial charge in [0, 0.05) is 5.56 Å². The minimum Gasteiger partial charge on any atom is -0.349 e. The molecule has 1 atom stereocenters. The van der Waals surface area contributed by atoms with Crippen molar-refractivity contribution >= 4 is 5.95 Å². The molecule has 0 spiro atoms. The molecule has 3 rings (SSSR count). The molecule has 1 heterocycles. The lowest BCUT2D eigenvalue weighted by atomic mass is 9.97. The fourth-order valence-corrected chi connectivity index (χ4v) is 2.70. The summed E-state index contributed by atoms with van der Waals surface area (Å²) in [6, 6.07) is 10.3. The van der Waals surface area contributed by atoms with E-state index in [1.165, 1.54) is 5.56 Å². The quantitative estimate of drug-likeness (QED) is 0.900. The molecule has 1 unspecified atom stereocenters. The number of benzene rings is 1. The third-order valence-corrected chi connectivity index (χ3v) is 3.84. The molecule has 0 fully saturated rings. The summed E-state index contributed by atoms with van der Waals surface area (Å²) >= 11 is 0. The van der Waals surface area contributed by atoms with Gasteiger partial charge in [-0.15, -0.1) is 0 Å². The third kappa shape index (κ3) is 2.59. The zero-order chi connectivity index (χ0) is 13.9. The lowest BCUT2D eigenvalue weighted by Crippen LogP contribution is -2.23. The first-order chi connectivity index (χ1) is 9.74. The third-order valence-electron chi connectivity index (χ3n) is 3.84. The number of nitrogens with zero attached hydrogens (tertiary/aromatic N) is 1. The minimum atomic E-state index is 0.0115. The Balaban J connectivity index is 1.85. The normalized spacial score (nSPS) is 15.4. The van der Waals surface area contributed by atoms with Crippen LogP contribution in [0.1, 0.15) is 42.6 Å². The Hall–Kier alpha value is -2.10. The van der Waals surface area contributed by atoms with Crippen molar-refractivity contribution < 1.29 is 0 Å². The van der Waals surface area contributed by atoms with Gasteiger partial charge in [-0.1, -0.05) is 30.3 Å². The van der Waals surface area contributed by atoms with E-state index < -0.39 is 0 Å². The van der Waals surface area contributed by atoms with E-state index in [-0.39, 0.29) is 11.6 Å². The maximum atomic E-state index is 12.1. The minimum absolute atomic E-state index is 0.0115. The van der Waals surface area contributed by atoms with E-state index >= 15 is 0 Å². The molecule has 4 nitrogen and oxygen atoms in total. The van der Waals surface area contributed by atoms with Gasteiger partial charge in [-0.05, 0) is 38.2 Å². The molecule has 104 valence electrons. The van der Waals surface area contributed by atoms with Crippen LogP contribution in [0, 0.1) is 0 Å². The second kappa shape index (κ2) is 5.49. The largest absolute Gasteiger partial charge is 0.349 e. The molecule has 1 aliphatic carbocycles. The van der Waals surface area contributed by atoms with Gasteiger partial charge in [0.1, 0.15) is 0 Å². The van der Waals surface area contributed by atoms with Gasteiger partial charge in [-0.2, -0.15) is 0 Å². The van der Waals surface area contributed by atoms with E-state index in [0.717, 1.165) is 36.9 Å². The Kier molecular flexibility index (Phi) is 3.54. The molecule has 1 aliphatic rings. The molecule has 0 bridgehead atoms. The van der Waals surface area contributed by atoms with Gasteiger partial charge in [0.05, 0.1) is 11.7 Å². The summed E-state index contributed by atoms with van der Waals surface area (Å²) in [5.41, 5.74) is 3.02. The molecule has 4 heteroatoms. The van der Waals surface area contributed by atoms with Gasteiger partial charge < -0.3 is 5.32 Å². The standard InChI is InChI=1S/C16H19N3O/c1-11(12-7-3-2-4-8-12)17-16-18-14-10-6-5-9-13(14)15(20)19-16/h2-4,7-8,11H,5-6,9-10H2,1H3,(H2,17,18,19,20). The van der Waals surface area contributed by atoms with E-state index in [1.54, 1.807) is 0 Å². The first kappa shape index (κ1) is 12.9. The highest BCUT2D eigenvalue weighted by molar-refractivity contribution is 5.34. The van der Waals surface area contributed by atoms with Crippen LogP contribution in [-0.4, -0.2) is 9.97 Å². The van der Waals surface area contributed by atoms with Crippen LogP contribution < -0.4 is 10.9 Å². The Morgan fingerprint density at radius 2 is 1.95 bits per heavy atom. The number of aryl methyl sites for hydroxylation is 1. The van der Waals surface area contributed by atoms with Crippen LogP contribution in [0.3, 0.4) is 0 Å².